The number of anilines is 1. The van der Waals surface area contributed by atoms with Gasteiger partial charge in [0, 0.05) is 6.20 Å². The van der Waals surface area contributed by atoms with Crippen LogP contribution in [-0.2, 0) is 18.0 Å². The number of aromatic nitrogens is 2. The second-order valence-corrected chi connectivity index (χ2v) is 7.19. The van der Waals surface area contributed by atoms with Crippen LogP contribution in [0.4, 0.5) is 5.82 Å². The molecule has 1 fully saturated rings. The molecule has 13 heteroatoms. The Morgan fingerprint density at radius 2 is 2.18 bits per heavy atom. The summed E-state index contributed by atoms with van der Waals surface area (Å²) in [5.74, 6) is -0.000325. The van der Waals surface area contributed by atoms with Crippen molar-refractivity contribution in [3.63, 3.8) is 0 Å². The fraction of sp³-hybridized carbons (Fsp3) is 0.556. The lowest BCUT2D eigenvalue weighted by Crippen LogP contribution is -2.36. The summed E-state index contributed by atoms with van der Waals surface area (Å²) >= 11 is 0. The zero-order valence-electron chi connectivity index (χ0n) is 11.5. The van der Waals surface area contributed by atoms with E-state index in [2.05, 4.69) is 13.7 Å². The Hall–Kier alpha value is -1.11. The highest BCUT2D eigenvalue weighted by Crippen LogP contribution is 2.42. The third-order valence-corrected chi connectivity index (χ3v) is 5.42. The highest BCUT2D eigenvalue weighted by atomic mass is 31.2. The van der Waals surface area contributed by atoms with Crippen molar-refractivity contribution in [2.75, 3.05) is 12.3 Å². The number of aliphatic hydroxyl groups is 2. The molecule has 1 saturated heterocycles. The lowest BCUT2D eigenvalue weighted by atomic mass is 10.1. The average molecular weight is 353 g/mol. The summed E-state index contributed by atoms with van der Waals surface area (Å²) in [5.41, 5.74) is 4.59. The second kappa shape index (κ2) is 6.56. The first kappa shape index (κ1) is 17.2. The minimum Gasteiger partial charge on any atom is -0.387 e. The zero-order chi connectivity index (χ0) is 16.5. The summed E-state index contributed by atoms with van der Waals surface area (Å²) in [6.07, 6.45) is -3.97. The van der Waals surface area contributed by atoms with E-state index < -0.39 is 44.7 Å². The highest BCUT2D eigenvalue weighted by Gasteiger charge is 2.45. The summed E-state index contributed by atoms with van der Waals surface area (Å²) in [6, 6.07) is 1.32. The molecule has 0 aliphatic carbocycles. The standard InChI is InChI=1S/C9H16N3O8PSi/c10-5-1-2-12(9(15)11-5)8-7(14)6(13)4(19-8)3-18-21(16,17)20-22/h1-2,4,6-8,13-14H,3H2,22H3,(H,16,17)(H2,10,11,15)/t4-,6-,7-,8-/m1/s1. The van der Waals surface area contributed by atoms with Crippen molar-refractivity contribution >= 4 is 24.1 Å². The molecule has 2 rings (SSSR count). The van der Waals surface area contributed by atoms with Gasteiger partial charge in [-0.25, -0.2) is 9.36 Å². The first-order chi connectivity index (χ1) is 10.2. The average Bonchev–Trinajstić information content (AvgIpc) is 2.73. The van der Waals surface area contributed by atoms with Crippen molar-refractivity contribution in [3.05, 3.63) is 22.7 Å². The van der Waals surface area contributed by atoms with E-state index in [-0.39, 0.29) is 16.3 Å². The Bertz CT molecular complexity index is 642. The molecule has 0 saturated carbocycles. The van der Waals surface area contributed by atoms with Gasteiger partial charge in [0.1, 0.15) is 24.1 Å². The molecule has 0 spiro atoms. The number of ether oxygens (including phenoxy) is 1. The summed E-state index contributed by atoms with van der Waals surface area (Å²) in [5, 5.41) is 19.8. The number of phosphoric ester groups is 1. The van der Waals surface area contributed by atoms with Gasteiger partial charge >= 0.3 is 13.5 Å². The molecule has 5 N–H and O–H groups in total. The van der Waals surface area contributed by atoms with Crippen LogP contribution >= 0.6 is 7.82 Å². The number of phosphoric acid groups is 1. The van der Waals surface area contributed by atoms with E-state index in [1.165, 1.54) is 12.3 Å². The third-order valence-electron chi connectivity index (χ3n) is 3.10. The Morgan fingerprint density at radius 1 is 1.50 bits per heavy atom. The SMILES string of the molecule is Nc1ccn([C@@H]2O[C@H](COP(=O)(O)O[SiH3])[C@@H](O)[C@H]2O)c(=O)n1. The van der Waals surface area contributed by atoms with Crippen LogP contribution in [0.25, 0.3) is 0 Å². The van der Waals surface area contributed by atoms with Gasteiger partial charge in [0.05, 0.1) is 6.61 Å². The number of hydrogen-bond donors (Lipinski definition) is 4. The van der Waals surface area contributed by atoms with E-state index in [9.17, 15) is 19.6 Å². The van der Waals surface area contributed by atoms with Crippen LogP contribution in [0.2, 0.25) is 0 Å². The van der Waals surface area contributed by atoms with Crippen molar-refractivity contribution in [2.24, 2.45) is 0 Å². The van der Waals surface area contributed by atoms with E-state index in [1.54, 1.807) is 0 Å². The zero-order valence-corrected chi connectivity index (χ0v) is 14.4. The van der Waals surface area contributed by atoms with E-state index >= 15 is 0 Å². The predicted octanol–water partition coefficient (Wildman–Crippen LogP) is -3.14. The first-order valence-electron chi connectivity index (χ1n) is 6.14. The third kappa shape index (κ3) is 3.61. The molecular weight excluding hydrogens is 337 g/mol. The van der Waals surface area contributed by atoms with Crippen molar-refractivity contribution < 1.29 is 33.1 Å². The molecular formula is C9H16N3O8PSi. The van der Waals surface area contributed by atoms with E-state index in [1.807, 2.05) is 0 Å². The lowest BCUT2D eigenvalue weighted by molar-refractivity contribution is -0.0539. The Kier molecular flexibility index (Phi) is 5.14. The molecule has 2 heterocycles. The Morgan fingerprint density at radius 3 is 2.77 bits per heavy atom. The number of nitrogens with two attached hydrogens (primary N) is 1. The van der Waals surface area contributed by atoms with Crippen LogP contribution in [0.1, 0.15) is 6.23 Å². The molecule has 0 bridgehead atoms. The normalized spacial score (nSPS) is 31.2. The quantitative estimate of drug-likeness (QED) is 0.314. The molecule has 0 radical (unpaired) electrons. The largest absolute Gasteiger partial charge is 0.461 e. The van der Waals surface area contributed by atoms with Gasteiger partial charge in [0.25, 0.3) is 0 Å². The lowest BCUT2D eigenvalue weighted by Gasteiger charge is -2.17. The molecule has 22 heavy (non-hydrogen) atoms. The minimum atomic E-state index is -4.19. The number of aliphatic hydroxyl groups excluding tert-OH is 2. The first-order valence-corrected chi connectivity index (χ1v) is 8.45. The van der Waals surface area contributed by atoms with Crippen molar-refractivity contribution in [3.8, 4) is 0 Å². The van der Waals surface area contributed by atoms with Crippen LogP contribution in [-0.4, -0.2) is 60.1 Å². The Labute approximate surface area is 127 Å². The maximum absolute atomic E-state index is 11.7. The molecule has 124 valence electrons. The van der Waals surface area contributed by atoms with Gasteiger partial charge in [-0.15, -0.1) is 0 Å². The van der Waals surface area contributed by atoms with Gasteiger partial charge < -0.3 is 29.8 Å². The highest BCUT2D eigenvalue weighted by molar-refractivity contribution is 7.48. The molecule has 1 aromatic heterocycles. The van der Waals surface area contributed by atoms with Gasteiger partial charge in [-0.1, -0.05) is 0 Å². The topological polar surface area (TPSA) is 166 Å². The van der Waals surface area contributed by atoms with Crippen LogP contribution in [0, 0.1) is 0 Å². The summed E-state index contributed by atoms with van der Waals surface area (Å²) in [7, 11) is -4.20. The van der Waals surface area contributed by atoms with Crippen LogP contribution in [0.15, 0.2) is 17.1 Å². The number of rotatable bonds is 5. The molecule has 1 aliphatic rings. The summed E-state index contributed by atoms with van der Waals surface area (Å²) < 4.78 is 26.5. The molecule has 11 nitrogen and oxygen atoms in total. The van der Waals surface area contributed by atoms with Crippen LogP contribution < -0.4 is 11.4 Å². The van der Waals surface area contributed by atoms with Crippen LogP contribution in [0.5, 0.6) is 0 Å². The van der Waals surface area contributed by atoms with E-state index in [0.717, 1.165) is 4.57 Å². The second-order valence-electron chi connectivity index (χ2n) is 4.54. The molecule has 0 amide bonds. The number of nitrogen functional groups attached to an aromatic ring is 1. The Balaban J connectivity index is 2.13. The summed E-state index contributed by atoms with van der Waals surface area (Å²) in [4.78, 5) is 24.4. The monoisotopic (exact) mass is 353 g/mol. The number of hydrogen-bond acceptors (Lipinski definition) is 9. The fourth-order valence-electron chi connectivity index (χ4n) is 1.94. The molecule has 1 unspecified atom stereocenters. The van der Waals surface area contributed by atoms with Gasteiger partial charge in [0.15, 0.2) is 16.7 Å². The van der Waals surface area contributed by atoms with Gasteiger partial charge in [-0.05, 0) is 6.07 Å². The maximum atomic E-state index is 11.7. The molecule has 1 aromatic rings. The van der Waals surface area contributed by atoms with Crippen molar-refractivity contribution in [2.45, 2.75) is 24.5 Å². The van der Waals surface area contributed by atoms with Gasteiger partial charge in [-0.2, -0.15) is 4.98 Å². The maximum Gasteiger partial charge on any atom is 0.461 e. The minimum absolute atomic E-state index is 0.000325. The van der Waals surface area contributed by atoms with Crippen molar-refractivity contribution in [1.82, 2.24) is 9.55 Å². The smallest absolute Gasteiger partial charge is 0.387 e. The molecule has 1 aliphatic heterocycles. The molecule has 5 atom stereocenters. The molecule has 0 aromatic carbocycles. The van der Waals surface area contributed by atoms with Gasteiger partial charge in [0.2, 0.25) is 0 Å². The predicted molar refractivity (Wildman–Crippen MR) is 75.6 cm³/mol. The van der Waals surface area contributed by atoms with Gasteiger partial charge in [-0.3, -0.25) is 9.09 Å². The van der Waals surface area contributed by atoms with E-state index in [0.29, 0.717) is 0 Å². The fourth-order valence-corrected chi connectivity index (χ4v) is 2.69. The van der Waals surface area contributed by atoms with Crippen molar-refractivity contribution in [1.29, 1.82) is 0 Å². The number of nitrogens with zero attached hydrogens (tertiary/aromatic N) is 2. The van der Waals surface area contributed by atoms with Crippen LogP contribution in [0.3, 0.4) is 0 Å². The summed E-state index contributed by atoms with van der Waals surface area (Å²) in [6.45, 7) is -0.498. The van der Waals surface area contributed by atoms with E-state index in [4.69, 9.17) is 15.4 Å².